The van der Waals surface area contributed by atoms with E-state index in [-0.39, 0.29) is 6.61 Å². The maximum absolute atomic E-state index is 11.1. The number of carboxylic acids is 1. The van der Waals surface area contributed by atoms with Gasteiger partial charge in [0.1, 0.15) is 5.54 Å². The Bertz CT molecular complexity index is 206. The third-order valence-corrected chi connectivity index (χ3v) is 2.47. The molecule has 0 aromatic rings. The molecule has 1 atom stereocenters. The van der Waals surface area contributed by atoms with E-state index in [0.29, 0.717) is 19.1 Å². The summed E-state index contributed by atoms with van der Waals surface area (Å²) in [6, 6.07) is 0. The van der Waals surface area contributed by atoms with Crippen LogP contribution >= 0.6 is 0 Å². The largest absolute Gasteiger partial charge is 0.480 e. The van der Waals surface area contributed by atoms with Gasteiger partial charge in [-0.1, -0.05) is 20.8 Å². The molecule has 0 aromatic heterocycles. The Labute approximate surface area is 98.4 Å². The SMILES string of the molecule is CCCNC(C)(COCCC(C)C)C(=O)O. The van der Waals surface area contributed by atoms with Gasteiger partial charge in [-0.25, -0.2) is 0 Å². The van der Waals surface area contributed by atoms with Crippen molar-refractivity contribution in [2.24, 2.45) is 5.92 Å². The van der Waals surface area contributed by atoms with Gasteiger partial charge in [0.2, 0.25) is 0 Å². The van der Waals surface area contributed by atoms with E-state index in [1.54, 1.807) is 6.92 Å². The molecule has 0 radical (unpaired) electrons. The van der Waals surface area contributed by atoms with Crippen LogP contribution < -0.4 is 5.32 Å². The lowest BCUT2D eigenvalue weighted by Crippen LogP contribution is -2.53. The zero-order chi connectivity index (χ0) is 12.6. The third-order valence-electron chi connectivity index (χ3n) is 2.47. The molecule has 0 aliphatic carbocycles. The predicted octanol–water partition coefficient (Wildman–Crippen LogP) is 1.89. The van der Waals surface area contributed by atoms with E-state index in [9.17, 15) is 4.79 Å². The van der Waals surface area contributed by atoms with Crippen molar-refractivity contribution in [3.8, 4) is 0 Å². The number of carbonyl (C=O) groups is 1. The maximum atomic E-state index is 11.1. The number of rotatable bonds is 9. The highest BCUT2D eigenvalue weighted by molar-refractivity contribution is 5.78. The van der Waals surface area contributed by atoms with Gasteiger partial charge in [0.25, 0.3) is 0 Å². The first kappa shape index (κ1) is 15.4. The van der Waals surface area contributed by atoms with Gasteiger partial charge < -0.3 is 15.2 Å². The van der Waals surface area contributed by atoms with Gasteiger partial charge in [0, 0.05) is 6.61 Å². The summed E-state index contributed by atoms with van der Waals surface area (Å²) in [7, 11) is 0. The van der Waals surface area contributed by atoms with E-state index in [1.165, 1.54) is 0 Å². The fraction of sp³-hybridized carbons (Fsp3) is 0.917. The van der Waals surface area contributed by atoms with Crippen LogP contribution in [-0.2, 0) is 9.53 Å². The lowest BCUT2D eigenvalue weighted by Gasteiger charge is -2.26. The minimum absolute atomic E-state index is 0.217. The zero-order valence-electron chi connectivity index (χ0n) is 10.9. The Hall–Kier alpha value is -0.610. The zero-order valence-corrected chi connectivity index (χ0v) is 10.9. The van der Waals surface area contributed by atoms with Gasteiger partial charge in [0.05, 0.1) is 6.61 Å². The monoisotopic (exact) mass is 231 g/mol. The number of aliphatic carboxylic acids is 1. The normalized spacial score (nSPS) is 15.1. The summed E-state index contributed by atoms with van der Waals surface area (Å²) in [5.41, 5.74) is -0.965. The second-order valence-corrected chi connectivity index (χ2v) is 4.80. The fourth-order valence-electron chi connectivity index (χ4n) is 1.18. The third kappa shape index (κ3) is 6.08. The van der Waals surface area contributed by atoms with Gasteiger partial charge in [-0.3, -0.25) is 4.79 Å². The van der Waals surface area contributed by atoms with Crippen LogP contribution in [0, 0.1) is 5.92 Å². The van der Waals surface area contributed by atoms with Crippen LogP contribution in [0.25, 0.3) is 0 Å². The molecule has 0 fully saturated rings. The Morgan fingerprint density at radius 1 is 1.50 bits per heavy atom. The molecule has 0 aliphatic heterocycles. The van der Waals surface area contributed by atoms with E-state index in [1.807, 2.05) is 6.92 Å². The van der Waals surface area contributed by atoms with Crippen LogP contribution in [-0.4, -0.2) is 36.4 Å². The van der Waals surface area contributed by atoms with E-state index in [4.69, 9.17) is 9.84 Å². The van der Waals surface area contributed by atoms with Crippen LogP contribution in [0.5, 0.6) is 0 Å². The molecule has 0 spiro atoms. The van der Waals surface area contributed by atoms with Crippen LogP contribution in [0.2, 0.25) is 0 Å². The highest BCUT2D eigenvalue weighted by Crippen LogP contribution is 2.07. The number of ether oxygens (including phenoxy) is 1. The van der Waals surface area contributed by atoms with Crippen molar-refractivity contribution in [2.45, 2.75) is 46.1 Å². The summed E-state index contributed by atoms with van der Waals surface area (Å²) < 4.78 is 5.42. The smallest absolute Gasteiger partial charge is 0.326 e. The Balaban J connectivity index is 3.98. The minimum Gasteiger partial charge on any atom is -0.480 e. The molecular weight excluding hydrogens is 206 g/mol. The average Bonchev–Trinajstić information content (AvgIpc) is 2.21. The highest BCUT2D eigenvalue weighted by atomic mass is 16.5. The Kier molecular flexibility index (Phi) is 7.34. The second-order valence-electron chi connectivity index (χ2n) is 4.80. The fourth-order valence-corrected chi connectivity index (χ4v) is 1.18. The lowest BCUT2D eigenvalue weighted by atomic mass is 10.0. The van der Waals surface area contributed by atoms with Crippen LogP contribution in [0.4, 0.5) is 0 Å². The number of carboxylic acid groups (broad SMARTS) is 1. The summed E-state index contributed by atoms with van der Waals surface area (Å²) in [6.45, 7) is 9.44. The quantitative estimate of drug-likeness (QED) is 0.595. The summed E-state index contributed by atoms with van der Waals surface area (Å²) in [6.07, 6.45) is 1.87. The minimum atomic E-state index is -0.965. The molecule has 0 aromatic carbocycles. The molecule has 0 saturated carbocycles. The first-order valence-corrected chi connectivity index (χ1v) is 5.98. The van der Waals surface area contributed by atoms with Crippen molar-refractivity contribution in [3.63, 3.8) is 0 Å². The molecule has 0 saturated heterocycles. The molecule has 0 rings (SSSR count). The summed E-state index contributed by atoms with van der Waals surface area (Å²) in [5.74, 6) is -0.273. The first-order valence-electron chi connectivity index (χ1n) is 5.98. The predicted molar refractivity (Wildman–Crippen MR) is 64.6 cm³/mol. The lowest BCUT2D eigenvalue weighted by molar-refractivity contribution is -0.147. The topological polar surface area (TPSA) is 58.6 Å². The van der Waals surface area contributed by atoms with Gasteiger partial charge in [-0.05, 0) is 32.2 Å². The standard InChI is InChI=1S/C12H25NO3/c1-5-7-13-12(4,11(14)15)9-16-8-6-10(2)3/h10,13H,5-9H2,1-4H3,(H,14,15). The highest BCUT2D eigenvalue weighted by Gasteiger charge is 2.32. The van der Waals surface area contributed by atoms with Gasteiger partial charge in [-0.2, -0.15) is 0 Å². The van der Waals surface area contributed by atoms with Gasteiger partial charge >= 0.3 is 5.97 Å². The van der Waals surface area contributed by atoms with E-state index >= 15 is 0 Å². The van der Waals surface area contributed by atoms with Crippen LogP contribution in [0.1, 0.15) is 40.5 Å². The molecular formula is C12H25NO3. The Morgan fingerprint density at radius 3 is 2.56 bits per heavy atom. The molecule has 0 aliphatic rings. The van der Waals surface area contributed by atoms with Crippen LogP contribution in [0.15, 0.2) is 0 Å². The summed E-state index contributed by atoms with van der Waals surface area (Å²) in [4.78, 5) is 11.1. The van der Waals surface area contributed by atoms with Crippen molar-refractivity contribution in [3.05, 3.63) is 0 Å². The molecule has 2 N–H and O–H groups in total. The molecule has 16 heavy (non-hydrogen) atoms. The van der Waals surface area contributed by atoms with Crippen LogP contribution in [0.3, 0.4) is 0 Å². The Morgan fingerprint density at radius 2 is 2.12 bits per heavy atom. The summed E-state index contributed by atoms with van der Waals surface area (Å²) in [5, 5.41) is 12.1. The van der Waals surface area contributed by atoms with E-state index in [0.717, 1.165) is 12.8 Å². The molecule has 96 valence electrons. The molecule has 0 amide bonds. The van der Waals surface area contributed by atoms with E-state index < -0.39 is 11.5 Å². The van der Waals surface area contributed by atoms with Crippen molar-refractivity contribution >= 4 is 5.97 Å². The van der Waals surface area contributed by atoms with Crippen molar-refractivity contribution in [1.82, 2.24) is 5.32 Å². The average molecular weight is 231 g/mol. The summed E-state index contributed by atoms with van der Waals surface area (Å²) >= 11 is 0. The number of nitrogens with one attached hydrogen (secondary N) is 1. The molecule has 0 bridgehead atoms. The second kappa shape index (κ2) is 7.63. The number of hydrogen-bond donors (Lipinski definition) is 2. The van der Waals surface area contributed by atoms with Crippen molar-refractivity contribution in [1.29, 1.82) is 0 Å². The van der Waals surface area contributed by atoms with E-state index in [2.05, 4.69) is 19.2 Å². The van der Waals surface area contributed by atoms with Gasteiger partial charge in [-0.15, -0.1) is 0 Å². The van der Waals surface area contributed by atoms with Crippen molar-refractivity contribution < 1.29 is 14.6 Å². The molecule has 4 nitrogen and oxygen atoms in total. The molecule has 4 heteroatoms. The number of hydrogen-bond acceptors (Lipinski definition) is 3. The molecule has 1 unspecified atom stereocenters. The van der Waals surface area contributed by atoms with Gasteiger partial charge in [0.15, 0.2) is 0 Å². The van der Waals surface area contributed by atoms with Crippen molar-refractivity contribution in [2.75, 3.05) is 19.8 Å². The first-order chi connectivity index (χ1) is 7.42. The molecule has 0 heterocycles. The maximum Gasteiger partial charge on any atom is 0.326 e.